The van der Waals surface area contributed by atoms with Crippen LogP contribution in [-0.4, -0.2) is 17.6 Å². The van der Waals surface area contributed by atoms with E-state index < -0.39 is 0 Å². The predicted octanol–water partition coefficient (Wildman–Crippen LogP) is 2.58. The van der Waals surface area contributed by atoms with Crippen molar-refractivity contribution in [2.24, 2.45) is 0 Å². The van der Waals surface area contributed by atoms with E-state index in [1.54, 1.807) is 19.1 Å². The molecule has 3 rings (SSSR count). The molecule has 0 bridgehead atoms. The van der Waals surface area contributed by atoms with E-state index in [4.69, 9.17) is 4.52 Å². The van der Waals surface area contributed by atoms with Gasteiger partial charge >= 0.3 is 0 Å². The molecular weight excluding hydrogens is 259 g/mol. The Hall–Kier alpha value is -2.17. The number of aromatic nitrogens is 1. The van der Waals surface area contributed by atoms with Gasteiger partial charge < -0.3 is 9.84 Å². The summed E-state index contributed by atoms with van der Waals surface area (Å²) in [6.45, 7) is 2.25. The van der Waals surface area contributed by atoms with Gasteiger partial charge in [-0.1, -0.05) is 17.3 Å². The fraction of sp³-hybridized carbons (Fsp3) is 0.333. The zero-order valence-corrected chi connectivity index (χ0v) is 11.1. The van der Waals surface area contributed by atoms with Crippen LogP contribution in [0.4, 0.5) is 4.39 Å². The molecular formula is C15H15FN2O2. The van der Waals surface area contributed by atoms with Crippen LogP contribution in [0.2, 0.25) is 0 Å². The molecule has 2 aromatic rings. The van der Waals surface area contributed by atoms with Crippen molar-refractivity contribution in [3.8, 4) is 0 Å². The largest absolute Gasteiger partial charge is 0.361 e. The molecule has 0 aliphatic heterocycles. The summed E-state index contributed by atoms with van der Waals surface area (Å²) in [5.41, 5.74) is 1.48. The maximum atomic E-state index is 13.0. The van der Waals surface area contributed by atoms with Crippen molar-refractivity contribution >= 4 is 5.91 Å². The Bertz CT molecular complexity index is 630. The quantitative estimate of drug-likeness (QED) is 0.932. The number of benzene rings is 1. The van der Waals surface area contributed by atoms with Crippen LogP contribution in [0, 0.1) is 12.7 Å². The summed E-state index contributed by atoms with van der Waals surface area (Å²) in [6, 6.07) is 6.50. The number of carbonyl (C=O) groups excluding carboxylic acids is 1. The smallest absolute Gasteiger partial charge is 0.256 e. The Morgan fingerprint density at radius 1 is 1.40 bits per heavy atom. The van der Waals surface area contributed by atoms with Crippen LogP contribution in [0.3, 0.4) is 0 Å². The molecule has 1 saturated carbocycles. The number of rotatable bonds is 4. The molecule has 1 fully saturated rings. The van der Waals surface area contributed by atoms with Gasteiger partial charge in [-0.3, -0.25) is 4.79 Å². The number of amides is 1. The molecule has 1 N–H and O–H groups in total. The first-order chi connectivity index (χ1) is 9.61. The summed E-state index contributed by atoms with van der Waals surface area (Å²) < 4.78 is 17.8. The number of nitrogens with zero attached hydrogens (tertiary/aromatic N) is 1. The zero-order valence-electron chi connectivity index (χ0n) is 11.1. The summed E-state index contributed by atoms with van der Waals surface area (Å²) in [4.78, 5) is 12.0. The first-order valence-electron chi connectivity index (χ1n) is 6.56. The molecule has 1 aromatic heterocycles. The van der Waals surface area contributed by atoms with Gasteiger partial charge in [-0.25, -0.2) is 4.39 Å². The molecule has 0 atom stereocenters. The third-order valence-electron chi connectivity index (χ3n) is 3.89. The van der Waals surface area contributed by atoms with Gasteiger partial charge in [0.1, 0.15) is 17.1 Å². The summed E-state index contributed by atoms with van der Waals surface area (Å²) in [5.74, 6) is 0.0833. The molecule has 1 aliphatic rings. The standard InChI is InChI=1S/C15H15FN2O2/c1-10-13(8-18-20-10)14(19)17-9-15(6-7-15)11-2-4-12(16)5-3-11/h2-5,8H,6-7,9H2,1H3,(H,17,19). The number of nitrogens with one attached hydrogen (secondary N) is 1. The van der Waals surface area contributed by atoms with Crippen molar-refractivity contribution in [3.05, 3.63) is 53.2 Å². The minimum absolute atomic E-state index is 0.0472. The van der Waals surface area contributed by atoms with E-state index in [9.17, 15) is 9.18 Å². The van der Waals surface area contributed by atoms with E-state index in [-0.39, 0.29) is 17.1 Å². The predicted molar refractivity (Wildman–Crippen MR) is 70.9 cm³/mol. The van der Waals surface area contributed by atoms with Crippen LogP contribution in [-0.2, 0) is 5.41 Å². The molecule has 1 aliphatic carbocycles. The monoisotopic (exact) mass is 274 g/mol. The molecule has 0 unspecified atom stereocenters. The Labute approximate surface area is 116 Å². The van der Waals surface area contributed by atoms with Crippen molar-refractivity contribution in [1.29, 1.82) is 0 Å². The fourth-order valence-electron chi connectivity index (χ4n) is 2.38. The van der Waals surface area contributed by atoms with E-state index in [0.717, 1.165) is 18.4 Å². The second-order valence-electron chi connectivity index (χ2n) is 5.27. The highest BCUT2D eigenvalue weighted by Crippen LogP contribution is 2.47. The first-order valence-corrected chi connectivity index (χ1v) is 6.56. The topological polar surface area (TPSA) is 55.1 Å². The van der Waals surface area contributed by atoms with Crippen LogP contribution in [0.1, 0.15) is 34.5 Å². The Kier molecular flexibility index (Phi) is 3.04. The van der Waals surface area contributed by atoms with Crippen molar-refractivity contribution < 1.29 is 13.7 Å². The van der Waals surface area contributed by atoms with Gasteiger partial charge in [0.15, 0.2) is 0 Å². The highest BCUT2D eigenvalue weighted by molar-refractivity contribution is 5.94. The molecule has 1 amide bonds. The van der Waals surface area contributed by atoms with E-state index in [1.165, 1.54) is 18.3 Å². The molecule has 1 aromatic carbocycles. The highest BCUT2D eigenvalue weighted by Gasteiger charge is 2.44. The lowest BCUT2D eigenvalue weighted by atomic mass is 9.96. The zero-order chi connectivity index (χ0) is 14.2. The van der Waals surface area contributed by atoms with Gasteiger partial charge in [0.25, 0.3) is 5.91 Å². The molecule has 5 heteroatoms. The van der Waals surface area contributed by atoms with Gasteiger partial charge in [-0.05, 0) is 37.5 Å². The number of aryl methyl sites for hydroxylation is 1. The molecule has 104 valence electrons. The summed E-state index contributed by atoms with van der Waals surface area (Å²) >= 11 is 0. The minimum atomic E-state index is -0.242. The number of carbonyl (C=O) groups is 1. The van der Waals surface area contributed by atoms with Gasteiger partial charge in [0, 0.05) is 12.0 Å². The molecule has 0 spiro atoms. The van der Waals surface area contributed by atoms with E-state index in [1.807, 2.05) is 0 Å². The average molecular weight is 274 g/mol. The van der Waals surface area contributed by atoms with Gasteiger partial charge in [-0.15, -0.1) is 0 Å². The van der Waals surface area contributed by atoms with Crippen LogP contribution in [0.5, 0.6) is 0 Å². The van der Waals surface area contributed by atoms with Gasteiger partial charge in [-0.2, -0.15) is 0 Å². The molecule has 4 nitrogen and oxygen atoms in total. The number of halogens is 1. The number of hydrogen-bond donors (Lipinski definition) is 1. The Morgan fingerprint density at radius 3 is 2.65 bits per heavy atom. The Balaban J connectivity index is 1.68. The molecule has 0 saturated heterocycles. The lowest BCUT2D eigenvalue weighted by Gasteiger charge is -2.16. The van der Waals surface area contributed by atoms with Gasteiger partial charge in [0.2, 0.25) is 0 Å². The third-order valence-corrected chi connectivity index (χ3v) is 3.89. The molecule has 0 radical (unpaired) electrons. The average Bonchev–Trinajstić information content (AvgIpc) is 3.11. The van der Waals surface area contributed by atoms with Crippen LogP contribution in [0.15, 0.2) is 35.0 Å². The lowest BCUT2D eigenvalue weighted by Crippen LogP contribution is -2.32. The minimum Gasteiger partial charge on any atom is -0.361 e. The van der Waals surface area contributed by atoms with Gasteiger partial charge in [0.05, 0.1) is 6.20 Å². The van der Waals surface area contributed by atoms with Crippen LogP contribution in [0.25, 0.3) is 0 Å². The van der Waals surface area contributed by atoms with Crippen LogP contribution < -0.4 is 5.32 Å². The first kappa shape index (κ1) is 12.8. The van der Waals surface area contributed by atoms with Crippen molar-refractivity contribution in [1.82, 2.24) is 10.5 Å². The molecule has 20 heavy (non-hydrogen) atoms. The van der Waals surface area contributed by atoms with E-state index in [2.05, 4.69) is 10.5 Å². The van der Waals surface area contributed by atoms with E-state index >= 15 is 0 Å². The Morgan fingerprint density at radius 2 is 2.10 bits per heavy atom. The number of hydrogen-bond acceptors (Lipinski definition) is 3. The van der Waals surface area contributed by atoms with Crippen LogP contribution >= 0.6 is 0 Å². The normalized spacial score (nSPS) is 15.9. The SMILES string of the molecule is Cc1oncc1C(=O)NCC1(c2ccc(F)cc2)CC1. The fourth-order valence-corrected chi connectivity index (χ4v) is 2.38. The summed E-state index contributed by atoms with van der Waals surface area (Å²) in [5, 5.41) is 6.50. The van der Waals surface area contributed by atoms with Crippen molar-refractivity contribution in [3.63, 3.8) is 0 Å². The highest BCUT2D eigenvalue weighted by atomic mass is 19.1. The van der Waals surface area contributed by atoms with Crippen molar-refractivity contribution in [2.75, 3.05) is 6.54 Å². The maximum absolute atomic E-state index is 13.0. The third kappa shape index (κ3) is 2.31. The molecule has 1 heterocycles. The summed E-state index contributed by atoms with van der Waals surface area (Å²) in [7, 11) is 0. The second-order valence-corrected chi connectivity index (χ2v) is 5.27. The summed E-state index contributed by atoms with van der Waals surface area (Å²) in [6.07, 6.45) is 3.42. The van der Waals surface area contributed by atoms with Crippen molar-refractivity contribution in [2.45, 2.75) is 25.2 Å². The van der Waals surface area contributed by atoms with E-state index in [0.29, 0.717) is 17.9 Å². The second kappa shape index (κ2) is 4.74. The maximum Gasteiger partial charge on any atom is 0.256 e. The lowest BCUT2D eigenvalue weighted by molar-refractivity contribution is 0.0948.